The van der Waals surface area contributed by atoms with Crippen LogP contribution >= 0.6 is 0 Å². The van der Waals surface area contributed by atoms with Crippen LogP contribution in [0.5, 0.6) is 0 Å². The zero-order valence-electron chi connectivity index (χ0n) is 13.8. The Hall–Kier alpha value is -1.66. The third kappa shape index (κ3) is 3.48. The SMILES string of the molecule is Cc1ccc(N2CCC(C(=O)N(C)[C@@H]3COC[C@H]3O)CC2)nc1. The first kappa shape index (κ1) is 16.2. The van der Waals surface area contributed by atoms with E-state index >= 15 is 0 Å². The van der Waals surface area contributed by atoms with Crippen molar-refractivity contribution in [2.24, 2.45) is 5.92 Å². The number of aryl methyl sites for hydroxylation is 1. The molecule has 1 N–H and O–H groups in total. The first-order chi connectivity index (χ1) is 11.1. The first-order valence-corrected chi connectivity index (χ1v) is 8.26. The maximum atomic E-state index is 12.6. The summed E-state index contributed by atoms with van der Waals surface area (Å²) in [5.74, 6) is 1.13. The molecule has 1 amide bonds. The molecule has 0 aliphatic carbocycles. The van der Waals surface area contributed by atoms with Gasteiger partial charge in [-0.25, -0.2) is 4.98 Å². The van der Waals surface area contributed by atoms with Gasteiger partial charge in [-0.2, -0.15) is 0 Å². The van der Waals surface area contributed by atoms with Gasteiger partial charge in [0.2, 0.25) is 5.91 Å². The highest BCUT2D eigenvalue weighted by molar-refractivity contribution is 5.79. The fourth-order valence-corrected chi connectivity index (χ4v) is 3.36. The summed E-state index contributed by atoms with van der Waals surface area (Å²) in [7, 11) is 1.78. The minimum atomic E-state index is -0.569. The predicted octanol–water partition coefficient (Wildman–Crippen LogP) is 0.825. The summed E-state index contributed by atoms with van der Waals surface area (Å²) in [5, 5.41) is 9.88. The Balaban J connectivity index is 1.56. The molecule has 126 valence electrons. The molecule has 2 saturated heterocycles. The number of likely N-dealkylation sites (N-methyl/N-ethyl adjacent to an activating group) is 1. The molecule has 3 rings (SSSR count). The summed E-state index contributed by atoms with van der Waals surface area (Å²) in [6, 6.07) is 3.89. The topological polar surface area (TPSA) is 65.9 Å². The largest absolute Gasteiger partial charge is 0.388 e. The fourth-order valence-electron chi connectivity index (χ4n) is 3.36. The Bertz CT molecular complexity index is 541. The second-order valence-electron chi connectivity index (χ2n) is 6.58. The van der Waals surface area contributed by atoms with Crippen molar-refractivity contribution >= 4 is 11.7 Å². The number of aliphatic hydroxyl groups excluding tert-OH is 1. The molecule has 23 heavy (non-hydrogen) atoms. The van der Waals surface area contributed by atoms with Crippen LogP contribution in [0.1, 0.15) is 18.4 Å². The van der Waals surface area contributed by atoms with Crippen LogP contribution in [0.3, 0.4) is 0 Å². The summed E-state index contributed by atoms with van der Waals surface area (Å²) in [6.45, 7) is 4.45. The second kappa shape index (κ2) is 6.84. The molecule has 1 aromatic rings. The van der Waals surface area contributed by atoms with Crippen LogP contribution in [-0.2, 0) is 9.53 Å². The van der Waals surface area contributed by atoms with E-state index in [4.69, 9.17) is 4.74 Å². The van der Waals surface area contributed by atoms with Gasteiger partial charge in [-0.1, -0.05) is 6.07 Å². The van der Waals surface area contributed by atoms with E-state index in [-0.39, 0.29) is 17.9 Å². The summed E-state index contributed by atoms with van der Waals surface area (Å²) in [6.07, 6.45) is 2.95. The summed E-state index contributed by atoms with van der Waals surface area (Å²) in [4.78, 5) is 21.0. The average Bonchev–Trinajstić information content (AvgIpc) is 3.00. The summed E-state index contributed by atoms with van der Waals surface area (Å²) < 4.78 is 5.25. The van der Waals surface area contributed by atoms with Crippen molar-refractivity contribution in [3.63, 3.8) is 0 Å². The number of ether oxygens (including phenoxy) is 1. The van der Waals surface area contributed by atoms with Crippen molar-refractivity contribution in [1.29, 1.82) is 0 Å². The second-order valence-corrected chi connectivity index (χ2v) is 6.58. The molecular formula is C17H25N3O3. The zero-order chi connectivity index (χ0) is 16.4. The molecule has 2 fully saturated rings. The molecule has 0 bridgehead atoms. The summed E-state index contributed by atoms with van der Waals surface area (Å²) in [5.41, 5.74) is 1.15. The molecule has 0 spiro atoms. The smallest absolute Gasteiger partial charge is 0.225 e. The monoisotopic (exact) mass is 319 g/mol. The molecule has 6 nitrogen and oxygen atoms in total. The fraction of sp³-hybridized carbons (Fsp3) is 0.647. The molecular weight excluding hydrogens is 294 g/mol. The van der Waals surface area contributed by atoms with Crippen LogP contribution in [0.4, 0.5) is 5.82 Å². The number of anilines is 1. The van der Waals surface area contributed by atoms with E-state index in [1.54, 1.807) is 11.9 Å². The lowest BCUT2D eigenvalue weighted by Crippen LogP contribution is -2.48. The van der Waals surface area contributed by atoms with Crippen molar-refractivity contribution in [3.8, 4) is 0 Å². The van der Waals surface area contributed by atoms with Crippen molar-refractivity contribution in [2.75, 3.05) is 38.3 Å². The highest BCUT2D eigenvalue weighted by atomic mass is 16.5. The number of piperidine rings is 1. The molecule has 2 aliphatic heterocycles. The number of amides is 1. The molecule has 2 atom stereocenters. The zero-order valence-corrected chi connectivity index (χ0v) is 13.8. The van der Waals surface area contributed by atoms with E-state index in [2.05, 4.69) is 16.0 Å². The van der Waals surface area contributed by atoms with E-state index in [0.717, 1.165) is 37.3 Å². The van der Waals surface area contributed by atoms with Crippen LogP contribution in [0, 0.1) is 12.8 Å². The average molecular weight is 319 g/mol. The molecule has 3 heterocycles. The van der Waals surface area contributed by atoms with Gasteiger partial charge in [0.05, 0.1) is 25.4 Å². The van der Waals surface area contributed by atoms with Crippen LogP contribution in [0.2, 0.25) is 0 Å². The number of carbonyl (C=O) groups excluding carboxylic acids is 1. The van der Waals surface area contributed by atoms with Gasteiger partial charge in [-0.05, 0) is 31.4 Å². The summed E-state index contributed by atoms with van der Waals surface area (Å²) >= 11 is 0. The maximum absolute atomic E-state index is 12.6. The van der Waals surface area contributed by atoms with Gasteiger partial charge in [-0.3, -0.25) is 4.79 Å². The van der Waals surface area contributed by atoms with E-state index in [0.29, 0.717) is 13.2 Å². The van der Waals surface area contributed by atoms with Crippen molar-refractivity contribution in [3.05, 3.63) is 23.9 Å². The molecule has 0 radical (unpaired) electrons. The molecule has 0 saturated carbocycles. The highest BCUT2D eigenvalue weighted by Crippen LogP contribution is 2.25. The molecule has 0 unspecified atom stereocenters. The lowest BCUT2D eigenvalue weighted by atomic mass is 9.94. The Morgan fingerprint density at radius 2 is 2.09 bits per heavy atom. The third-order valence-corrected chi connectivity index (χ3v) is 4.93. The van der Waals surface area contributed by atoms with Crippen LogP contribution in [-0.4, -0.2) is 66.4 Å². The first-order valence-electron chi connectivity index (χ1n) is 8.26. The molecule has 1 aromatic heterocycles. The van der Waals surface area contributed by atoms with Gasteiger partial charge < -0.3 is 19.6 Å². The standard InChI is InChI=1S/C17H25N3O3/c1-12-3-4-16(18-9-12)20-7-5-13(6-8-20)17(22)19(2)14-10-23-11-15(14)21/h3-4,9,13-15,21H,5-8,10-11H2,1-2H3/t14-,15-/m1/s1. The van der Waals surface area contributed by atoms with E-state index in [1.165, 1.54) is 0 Å². The van der Waals surface area contributed by atoms with Gasteiger partial charge in [0.15, 0.2) is 0 Å². The Labute approximate surface area is 137 Å². The Morgan fingerprint density at radius 3 is 2.65 bits per heavy atom. The molecule has 0 aromatic carbocycles. The number of nitrogens with zero attached hydrogens (tertiary/aromatic N) is 3. The maximum Gasteiger partial charge on any atom is 0.225 e. The van der Waals surface area contributed by atoms with Gasteiger partial charge in [0.1, 0.15) is 5.82 Å². The number of aromatic nitrogens is 1. The number of carbonyl (C=O) groups is 1. The van der Waals surface area contributed by atoms with Gasteiger partial charge in [0, 0.05) is 32.3 Å². The van der Waals surface area contributed by atoms with Crippen molar-refractivity contribution < 1.29 is 14.6 Å². The predicted molar refractivity (Wildman–Crippen MR) is 87.3 cm³/mol. The van der Waals surface area contributed by atoms with E-state index in [9.17, 15) is 9.90 Å². The number of aliphatic hydroxyl groups is 1. The minimum absolute atomic E-state index is 0.0227. The third-order valence-electron chi connectivity index (χ3n) is 4.93. The lowest BCUT2D eigenvalue weighted by Gasteiger charge is -2.35. The van der Waals surface area contributed by atoms with E-state index < -0.39 is 6.10 Å². The van der Waals surface area contributed by atoms with Crippen LogP contribution in [0.25, 0.3) is 0 Å². The van der Waals surface area contributed by atoms with Crippen molar-refractivity contribution in [2.45, 2.75) is 31.9 Å². The minimum Gasteiger partial charge on any atom is -0.388 e. The number of hydrogen-bond acceptors (Lipinski definition) is 5. The molecule has 6 heteroatoms. The number of hydrogen-bond donors (Lipinski definition) is 1. The quantitative estimate of drug-likeness (QED) is 0.894. The van der Waals surface area contributed by atoms with Crippen LogP contribution < -0.4 is 4.90 Å². The molecule has 2 aliphatic rings. The number of rotatable bonds is 3. The Morgan fingerprint density at radius 1 is 1.35 bits per heavy atom. The van der Waals surface area contributed by atoms with E-state index in [1.807, 2.05) is 19.2 Å². The highest BCUT2D eigenvalue weighted by Gasteiger charge is 2.36. The lowest BCUT2D eigenvalue weighted by molar-refractivity contribution is -0.138. The number of pyridine rings is 1. The van der Waals surface area contributed by atoms with Gasteiger partial charge in [0.25, 0.3) is 0 Å². The van der Waals surface area contributed by atoms with Crippen molar-refractivity contribution in [1.82, 2.24) is 9.88 Å². The Kier molecular flexibility index (Phi) is 4.82. The van der Waals surface area contributed by atoms with Crippen LogP contribution in [0.15, 0.2) is 18.3 Å². The normalized spacial score (nSPS) is 25.6. The van der Waals surface area contributed by atoms with Gasteiger partial charge in [-0.15, -0.1) is 0 Å². The van der Waals surface area contributed by atoms with Gasteiger partial charge >= 0.3 is 0 Å².